The van der Waals surface area contributed by atoms with E-state index in [9.17, 15) is 31.1 Å². The molecular weight excluding hydrogens is 452 g/mol. The molecular formula is C21H28F6N5O-. The molecule has 3 rings (SSSR count). The largest absolute Gasteiger partial charge is 0.667 e. The Bertz CT molecular complexity index is 808. The lowest BCUT2D eigenvalue weighted by atomic mass is 9.97. The minimum atomic E-state index is -5.09. The van der Waals surface area contributed by atoms with E-state index in [-0.39, 0.29) is 0 Å². The molecule has 33 heavy (non-hydrogen) atoms. The van der Waals surface area contributed by atoms with E-state index in [4.69, 9.17) is 11.5 Å². The number of benzene rings is 1. The van der Waals surface area contributed by atoms with E-state index < -0.39 is 53.1 Å². The molecule has 2 saturated heterocycles. The molecule has 1 aromatic rings. The molecule has 1 amide bonds. The summed E-state index contributed by atoms with van der Waals surface area (Å²) < 4.78 is 79.3. The molecule has 0 saturated carbocycles. The fourth-order valence-electron chi connectivity index (χ4n) is 4.51. The van der Waals surface area contributed by atoms with Crippen LogP contribution < -0.4 is 5.73 Å². The highest BCUT2D eigenvalue weighted by atomic mass is 19.4. The zero-order valence-electron chi connectivity index (χ0n) is 18.3. The molecule has 0 unspecified atom stereocenters. The quantitative estimate of drug-likeness (QED) is 0.529. The molecule has 0 spiro atoms. The Morgan fingerprint density at radius 1 is 1.00 bits per heavy atom. The number of halogens is 6. The van der Waals surface area contributed by atoms with Crippen LogP contribution in [0.15, 0.2) is 12.1 Å². The lowest BCUT2D eigenvalue weighted by molar-refractivity contribution is -0.141. The highest BCUT2D eigenvalue weighted by Crippen LogP contribution is 2.42. The number of amides is 1. The monoisotopic (exact) mass is 480 g/mol. The number of nitrogen functional groups attached to an aromatic ring is 1. The molecule has 0 radical (unpaired) electrons. The van der Waals surface area contributed by atoms with Crippen LogP contribution in [-0.4, -0.2) is 79.0 Å². The van der Waals surface area contributed by atoms with Crippen LogP contribution in [0.5, 0.6) is 0 Å². The van der Waals surface area contributed by atoms with E-state index >= 15 is 0 Å². The summed E-state index contributed by atoms with van der Waals surface area (Å²) in [4.78, 5) is 18.7. The highest BCUT2D eigenvalue weighted by Gasteiger charge is 2.40. The highest BCUT2D eigenvalue weighted by molar-refractivity contribution is 5.83. The number of hydrogen-bond donors (Lipinski definition) is 1. The Morgan fingerprint density at radius 3 is 1.94 bits per heavy atom. The van der Waals surface area contributed by atoms with Crippen molar-refractivity contribution in [2.75, 3.05) is 52.0 Å². The summed E-state index contributed by atoms with van der Waals surface area (Å²) in [5.41, 5.74) is 8.24. The van der Waals surface area contributed by atoms with Crippen molar-refractivity contribution in [3.63, 3.8) is 0 Å². The standard InChI is InChI=1S/C21H28F6N5O/c1-30-4-2-14(3-5-30)31-6-8-32(9-7-31)19(33)17(28)12-13-10-15(20(22,23)24)18(29)16(11-13)21(25,26)27/h10-11,14,17,28H,2-9,12,29H2,1H3/q-1/t17-/m1/s1. The van der Waals surface area contributed by atoms with Crippen LogP contribution in [0.4, 0.5) is 32.0 Å². The SMILES string of the molecule is CN1CCC(N2CCN(C(=O)[C@H]([NH-])Cc3cc(C(F)(F)F)c(N)c(C(F)(F)F)c3)CC2)CC1. The molecule has 0 bridgehead atoms. The first kappa shape index (κ1) is 25.6. The first-order chi connectivity index (χ1) is 15.3. The van der Waals surface area contributed by atoms with E-state index in [1.165, 1.54) is 4.90 Å². The van der Waals surface area contributed by atoms with Gasteiger partial charge in [0.15, 0.2) is 0 Å². The number of hydrogen-bond acceptors (Lipinski definition) is 4. The molecule has 2 aliphatic rings. The number of piperidine rings is 1. The third kappa shape index (κ3) is 6.10. The van der Waals surface area contributed by atoms with Gasteiger partial charge in [-0.2, -0.15) is 26.3 Å². The van der Waals surface area contributed by atoms with Crippen LogP contribution in [0.25, 0.3) is 5.73 Å². The Hall–Kier alpha value is -2.05. The number of nitrogens with one attached hydrogen (secondary N) is 1. The molecule has 0 aliphatic carbocycles. The molecule has 186 valence electrons. The topological polar surface area (TPSA) is 76.6 Å². The summed E-state index contributed by atoms with van der Waals surface area (Å²) >= 11 is 0. The van der Waals surface area contributed by atoms with Gasteiger partial charge in [-0.1, -0.05) is 6.04 Å². The maximum Gasteiger partial charge on any atom is 0.418 e. The molecule has 2 fully saturated rings. The molecule has 12 heteroatoms. The first-order valence-corrected chi connectivity index (χ1v) is 10.8. The number of likely N-dealkylation sites (tertiary alicyclic amines) is 1. The van der Waals surface area contributed by atoms with Gasteiger partial charge in [0.25, 0.3) is 0 Å². The van der Waals surface area contributed by atoms with Crippen LogP contribution in [0.1, 0.15) is 29.5 Å². The fourth-order valence-corrected chi connectivity index (χ4v) is 4.51. The van der Waals surface area contributed by atoms with E-state index in [0.717, 1.165) is 25.9 Å². The molecule has 2 aliphatic heterocycles. The van der Waals surface area contributed by atoms with Gasteiger partial charge in [0.1, 0.15) is 0 Å². The number of carbonyl (C=O) groups excluding carboxylic acids is 1. The van der Waals surface area contributed by atoms with E-state index in [1.807, 2.05) is 0 Å². The number of nitrogens with zero attached hydrogens (tertiary/aromatic N) is 3. The van der Waals surface area contributed by atoms with E-state index in [2.05, 4.69) is 16.8 Å². The van der Waals surface area contributed by atoms with Crippen LogP contribution in [0, 0.1) is 0 Å². The minimum absolute atomic E-state index is 0.379. The lowest BCUT2D eigenvalue weighted by Gasteiger charge is -2.43. The maximum absolute atomic E-state index is 13.2. The van der Waals surface area contributed by atoms with Crippen molar-refractivity contribution in [1.82, 2.24) is 14.7 Å². The van der Waals surface area contributed by atoms with Gasteiger partial charge in [-0.3, -0.25) is 9.69 Å². The minimum Gasteiger partial charge on any atom is -0.667 e. The van der Waals surface area contributed by atoms with Crippen molar-refractivity contribution in [1.29, 1.82) is 0 Å². The number of alkyl halides is 6. The van der Waals surface area contributed by atoms with Crippen molar-refractivity contribution in [3.8, 4) is 0 Å². The average Bonchev–Trinajstić information content (AvgIpc) is 2.73. The van der Waals surface area contributed by atoms with Gasteiger partial charge in [-0.25, -0.2) is 0 Å². The van der Waals surface area contributed by atoms with Gasteiger partial charge in [0.2, 0.25) is 5.91 Å². The molecule has 6 nitrogen and oxygen atoms in total. The van der Waals surface area contributed by atoms with Gasteiger partial charge < -0.3 is 21.3 Å². The van der Waals surface area contributed by atoms with Crippen LogP contribution in [0.3, 0.4) is 0 Å². The summed E-state index contributed by atoms with van der Waals surface area (Å²) in [5, 5.41) is 0. The second kappa shape index (κ2) is 9.67. The van der Waals surface area contributed by atoms with E-state index in [1.54, 1.807) is 0 Å². The predicted molar refractivity (Wildman–Crippen MR) is 111 cm³/mol. The third-order valence-corrected chi connectivity index (χ3v) is 6.42. The Labute approximate surface area is 188 Å². The number of nitrogens with two attached hydrogens (primary N) is 1. The summed E-state index contributed by atoms with van der Waals surface area (Å²) in [7, 11) is 2.07. The number of rotatable bonds is 4. The summed E-state index contributed by atoms with van der Waals surface area (Å²) in [6, 6.07) is -0.0817. The van der Waals surface area contributed by atoms with Crippen LogP contribution in [-0.2, 0) is 23.6 Å². The van der Waals surface area contributed by atoms with Crippen molar-refractivity contribution in [2.45, 2.75) is 43.7 Å². The van der Waals surface area contributed by atoms with Gasteiger partial charge in [-0.05, 0) is 57.1 Å². The summed E-state index contributed by atoms with van der Waals surface area (Å²) in [6.07, 6.45) is -8.68. The number of anilines is 1. The smallest absolute Gasteiger partial charge is 0.418 e. The van der Waals surface area contributed by atoms with Crippen molar-refractivity contribution in [3.05, 3.63) is 34.6 Å². The van der Waals surface area contributed by atoms with Crippen molar-refractivity contribution in [2.24, 2.45) is 0 Å². The molecule has 1 atom stereocenters. The van der Waals surface area contributed by atoms with Crippen molar-refractivity contribution >= 4 is 11.6 Å². The third-order valence-electron chi connectivity index (χ3n) is 6.42. The average molecular weight is 480 g/mol. The maximum atomic E-state index is 13.2. The molecule has 3 N–H and O–H groups in total. The van der Waals surface area contributed by atoms with Crippen LogP contribution >= 0.6 is 0 Å². The predicted octanol–water partition coefficient (Wildman–Crippen LogP) is 3.51. The fraction of sp³-hybridized carbons (Fsp3) is 0.667. The molecule has 2 heterocycles. The molecule has 0 aromatic heterocycles. The van der Waals surface area contributed by atoms with Gasteiger partial charge in [0, 0.05) is 32.2 Å². The number of carbonyl (C=O) groups is 1. The normalized spacial score (nSPS) is 20.8. The lowest BCUT2D eigenvalue weighted by Crippen LogP contribution is -2.55. The first-order valence-electron chi connectivity index (χ1n) is 10.8. The Morgan fingerprint density at radius 2 is 1.48 bits per heavy atom. The Kier molecular flexibility index (Phi) is 7.49. The zero-order chi connectivity index (χ0) is 24.6. The Balaban J connectivity index is 1.66. The molecule has 1 aromatic carbocycles. The second-order valence-corrected chi connectivity index (χ2v) is 8.75. The van der Waals surface area contributed by atoms with Gasteiger partial charge >= 0.3 is 12.4 Å². The van der Waals surface area contributed by atoms with Gasteiger partial charge in [0.05, 0.1) is 16.8 Å². The van der Waals surface area contributed by atoms with Crippen molar-refractivity contribution < 1.29 is 31.1 Å². The number of piperazine rings is 1. The summed E-state index contributed by atoms with van der Waals surface area (Å²) in [6.45, 7) is 4.02. The van der Waals surface area contributed by atoms with E-state index in [0.29, 0.717) is 44.4 Å². The zero-order valence-corrected chi connectivity index (χ0v) is 18.3. The van der Waals surface area contributed by atoms with Gasteiger partial charge in [-0.15, -0.1) is 0 Å². The second-order valence-electron chi connectivity index (χ2n) is 8.75. The summed E-state index contributed by atoms with van der Waals surface area (Å²) in [5.74, 6) is -0.600. The van der Waals surface area contributed by atoms with Crippen LogP contribution in [0.2, 0.25) is 0 Å².